The van der Waals surface area contributed by atoms with Gasteiger partial charge in [-0.05, 0) is 68.1 Å². The summed E-state index contributed by atoms with van der Waals surface area (Å²) in [5.41, 5.74) is 4.01. The standard InChI is InChI=1S/C20H17N5OS/c1-13-11-14(2)23-20(22-13)27-17-6-4-16(5-7-17)24-19(26)15-3-8-18-21-9-10-25(18)12-15/h3-12H,1-2H3,(H,24,26). The molecular formula is C20H17N5OS. The van der Waals surface area contributed by atoms with E-state index >= 15 is 0 Å². The number of nitrogens with one attached hydrogen (secondary N) is 1. The number of imidazole rings is 1. The van der Waals surface area contributed by atoms with Gasteiger partial charge in [0.05, 0.1) is 5.56 Å². The number of benzene rings is 1. The number of aryl methyl sites for hydroxylation is 2. The number of pyridine rings is 1. The first-order valence-electron chi connectivity index (χ1n) is 8.41. The van der Waals surface area contributed by atoms with Crippen molar-refractivity contribution in [3.05, 3.63) is 78.0 Å². The van der Waals surface area contributed by atoms with Gasteiger partial charge in [0.25, 0.3) is 5.91 Å². The van der Waals surface area contributed by atoms with Crippen molar-refractivity contribution < 1.29 is 4.79 Å². The van der Waals surface area contributed by atoms with Crippen molar-refractivity contribution in [2.75, 3.05) is 5.32 Å². The summed E-state index contributed by atoms with van der Waals surface area (Å²) in [4.78, 5) is 26.5. The quantitative estimate of drug-likeness (QED) is 0.543. The van der Waals surface area contributed by atoms with Crippen molar-refractivity contribution in [3.8, 4) is 0 Å². The molecular weight excluding hydrogens is 358 g/mol. The molecule has 0 atom stereocenters. The van der Waals surface area contributed by atoms with Crippen LogP contribution in [-0.2, 0) is 0 Å². The maximum atomic E-state index is 12.5. The summed E-state index contributed by atoms with van der Waals surface area (Å²) in [5.74, 6) is -0.163. The molecule has 0 aliphatic rings. The number of aromatic nitrogens is 4. The minimum Gasteiger partial charge on any atom is -0.322 e. The summed E-state index contributed by atoms with van der Waals surface area (Å²) in [7, 11) is 0. The minimum absolute atomic E-state index is 0.163. The third-order valence-corrected chi connectivity index (χ3v) is 4.81. The van der Waals surface area contributed by atoms with E-state index in [4.69, 9.17) is 0 Å². The molecule has 0 saturated carbocycles. The van der Waals surface area contributed by atoms with Crippen LogP contribution in [0.25, 0.3) is 5.65 Å². The monoisotopic (exact) mass is 375 g/mol. The van der Waals surface area contributed by atoms with Gasteiger partial charge >= 0.3 is 0 Å². The zero-order valence-electron chi connectivity index (χ0n) is 14.9. The molecule has 1 amide bonds. The molecule has 0 unspecified atom stereocenters. The maximum absolute atomic E-state index is 12.5. The third-order valence-electron chi connectivity index (χ3n) is 3.93. The lowest BCUT2D eigenvalue weighted by molar-refractivity contribution is 0.102. The molecule has 0 bridgehead atoms. The van der Waals surface area contributed by atoms with Crippen LogP contribution in [0.5, 0.6) is 0 Å². The normalized spacial score (nSPS) is 10.9. The van der Waals surface area contributed by atoms with E-state index in [1.165, 1.54) is 11.8 Å². The number of carbonyl (C=O) groups is 1. The summed E-state index contributed by atoms with van der Waals surface area (Å²) in [6.07, 6.45) is 5.28. The molecule has 0 saturated heterocycles. The topological polar surface area (TPSA) is 72.2 Å². The van der Waals surface area contributed by atoms with Gasteiger partial charge < -0.3 is 9.72 Å². The third kappa shape index (κ3) is 3.98. The predicted octanol–water partition coefficient (Wildman–Crippen LogP) is 4.14. The number of carbonyl (C=O) groups excluding carboxylic acids is 1. The van der Waals surface area contributed by atoms with Crippen molar-refractivity contribution in [1.29, 1.82) is 0 Å². The molecule has 3 aromatic heterocycles. The fraction of sp³-hybridized carbons (Fsp3) is 0.100. The second-order valence-electron chi connectivity index (χ2n) is 6.12. The SMILES string of the molecule is Cc1cc(C)nc(Sc2ccc(NC(=O)c3ccc4nccn4c3)cc2)n1. The molecule has 4 aromatic rings. The van der Waals surface area contributed by atoms with Gasteiger partial charge in [-0.2, -0.15) is 0 Å². The number of fused-ring (bicyclic) bond motifs is 1. The molecule has 0 fully saturated rings. The van der Waals surface area contributed by atoms with Crippen LogP contribution in [0.15, 0.2) is 71.1 Å². The lowest BCUT2D eigenvalue weighted by Gasteiger charge is -2.07. The van der Waals surface area contributed by atoms with E-state index in [9.17, 15) is 4.79 Å². The van der Waals surface area contributed by atoms with Gasteiger partial charge in [-0.1, -0.05) is 0 Å². The van der Waals surface area contributed by atoms with Gasteiger partial charge in [-0.25, -0.2) is 15.0 Å². The molecule has 6 nitrogen and oxygen atoms in total. The second-order valence-corrected chi connectivity index (χ2v) is 7.17. The van der Waals surface area contributed by atoms with Gasteiger partial charge in [0.1, 0.15) is 5.65 Å². The molecule has 1 aromatic carbocycles. The lowest BCUT2D eigenvalue weighted by Crippen LogP contribution is -2.12. The number of hydrogen-bond donors (Lipinski definition) is 1. The van der Waals surface area contributed by atoms with Crippen molar-refractivity contribution in [1.82, 2.24) is 19.4 Å². The molecule has 3 heterocycles. The van der Waals surface area contributed by atoms with Crippen molar-refractivity contribution >= 4 is 29.0 Å². The fourth-order valence-corrected chi connectivity index (χ4v) is 3.57. The Morgan fingerprint density at radius 3 is 2.52 bits per heavy atom. The van der Waals surface area contributed by atoms with Crippen LogP contribution in [0.4, 0.5) is 5.69 Å². The molecule has 7 heteroatoms. The van der Waals surface area contributed by atoms with Crippen molar-refractivity contribution in [2.45, 2.75) is 23.9 Å². The number of amides is 1. The number of rotatable bonds is 4. The minimum atomic E-state index is -0.163. The van der Waals surface area contributed by atoms with E-state index in [0.717, 1.165) is 32.8 Å². The maximum Gasteiger partial charge on any atom is 0.257 e. The van der Waals surface area contributed by atoms with Gasteiger partial charge in [0, 0.05) is 40.6 Å². The summed E-state index contributed by atoms with van der Waals surface area (Å²) < 4.78 is 1.82. The lowest BCUT2D eigenvalue weighted by atomic mass is 10.2. The van der Waals surface area contributed by atoms with Crippen LogP contribution in [0.3, 0.4) is 0 Å². The molecule has 1 N–H and O–H groups in total. The highest BCUT2D eigenvalue weighted by molar-refractivity contribution is 7.99. The van der Waals surface area contributed by atoms with E-state index < -0.39 is 0 Å². The molecule has 27 heavy (non-hydrogen) atoms. The first-order valence-corrected chi connectivity index (χ1v) is 9.23. The smallest absolute Gasteiger partial charge is 0.257 e. The Morgan fingerprint density at radius 1 is 1.04 bits per heavy atom. The number of nitrogens with zero attached hydrogens (tertiary/aromatic N) is 4. The van der Waals surface area contributed by atoms with E-state index in [-0.39, 0.29) is 5.91 Å². The summed E-state index contributed by atoms with van der Waals surface area (Å²) in [6.45, 7) is 3.91. The first-order chi connectivity index (χ1) is 13.1. The molecule has 134 valence electrons. The van der Waals surface area contributed by atoms with E-state index in [0.29, 0.717) is 5.56 Å². The van der Waals surface area contributed by atoms with E-state index in [1.807, 2.05) is 60.8 Å². The van der Waals surface area contributed by atoms with E-state index in [2.05, 4.69) is 20.3 Å². The highest BCUT2D eigenvalue weighted by Gasteiger charge is 2.08. The van der Waals surface area contributed by atoms with Crippen LogP contribution >= 0.6 is 11.8 Å². The largest absolute Gasteiger partial charge is 0.322 e. The molecule has 4 rings (SSSR count). The molecule has 0 aliphatic heterocycles. The summed E-state index contributed by atoms with van der Waals surface area (Å²) in [5, 5.41) is 3.63. The molecule has 0 radical (unpaired) electrons. The van der Waals surface area contributed by atoms with Crippen LogP contribution in [0.1, 0.15) is 21.7 Å². The summed E-state index contributed by atoms with van der Waals surface area (Å²) >= 11 is 1.50. The average Bonchev–Trinajstić information content (AvgIpc) is 3.10. The number of hydrogen-bond acceptors (Lipinski definition) is 5. The zero-order valence-corrected chi connectivity index (χ0v) is 15.7. The fourth-order valence-electron chi connectivity index (χ4n) is 2.71. The van der Waals surface area contributed by atoms with Crippen LogP contribution in [0.2, 0.25) is 0 Å². The summed E-state index contributed by atoms with van der Waals surface area (Å²) in [6, 6.07) is 13.2. The van der Waals surface area contributed by atoms with Gasteiger partial charge in [-0.3, -0.25) is 4.79 Å². The van der Waals surface area contributed by atoms with Crippen LogP contribution < -0.4 is 5.32 Å². The number of anilines is 1. The Labute approximate surface area is 160 Å². The Hall–Kier alpha value is -3.19. The van der Waals surface area contributed by atoms with Gasteiger partial charge in [0.2, 0.25) is 0 Å². The predicted molar refractivity (Wildman–Crippen MR) is 105 cm³/mol. The average molecular weight is 375 g/mol. The van der Waals surface area contributed by atoms with Gasteiger partial charge in [0.15, 0.2) is 5.16 Å². The molecule has 0 aliphatic carbocycles. The van der Waals surface area contributed by atoms with Crippen LogP contribution in [0, 0.1) is 13.8 Å². The zero-order chi connectivity index (χ0) is 18.8. The van der Waals surface area contributed by atoms with E-state index in [1.54, 1.807) is 18.5 Å². The van der Waals surface area contributed by atoms with Crippen molar-refractivity contribution in [3.63, 3.8) is 0 Å². The van der Waals surface area contributed by atoms with Crippen molar-refractivity contribution in [2.24, 2.45) is 0 Å². The second kappa shape index (κ2) is 7.20. The Kier molecular flexibility index (Phi) is 4.60. The Bertz CT molecular complexity index is 1100. The highest BCUT2D eigenvalue weighted by Crippen LogP contribution is 2.26. The first kappa shape index (κ1) is 17.2. The Morgan fingerprint density at radius 2 is 1.78 bits per heavy atom. The highest BCUT2D eigenvalue weighted by atomic mass is 32.2. The molecule has 0 spiro atoms. The van der Waals surface area contributed by atoms with Crippen LogP contribution in [-0.4, -0.2) is 25.3 Å². The Balaban J connectivity index is 1.46. The van der Waals surface area contributed by atoms with Gasteiger partial charge in [-0.15, -0.1) is 0 Å².